The molecule has 1 unspecified atom stereocenters. The van der Waals surface area contributed by atoms with Crippen LogP contribution in [0.1, 0.15) is 53.0 Å². The van der Waals surface area contributed by atoms with Gasteiger partial charge in [-0.25, -0.2) is 9.63 Å². The van der Waals surface area contributed by atoms with E-state index >= 15 is 0 Å². The monoisotopic (exact) mass is 790 g/mol. The maximum absolute atomic E-state index is 13.4. The van der Waals surface area contributed by atoms with Crippen molar-refractivity contribution in [2.75, 3.05) is 60.8 Å². The fraction of sp³-hybridized carbons (Fsp3) is 0.419. The molecular weight excluding hydrogens is 736 g/mol. The zero-order valence-electron chi connectivity index (χ0n) is 32.9. The van der Waals surface area contributed by atoms with Crippen LogP contribution in [0.5, 0.6) is 23.0 Å². The van der Waals surface area contributed by atoms with Crippen LogP contribution in [-0.2, 0) is 50.2 Å². The average Bonchev–Trinajstić information content (AvgIpc) is 3.24. The smallest absolute Gasteiger partial charge is 0.410 e. The maximum atomic E-state index is 13.4. The van der Waals surface area contributed by atoms with E-state index in [-0.39, 0.29) is 37.2 Å². The number of amides is 1. The van der Waals surface area contributed by atoms with E-state index in [1.807, 2.05) is 54.6 Å². The summed E-state index contributed by atoms with van der Waals surface area (Å²) in [7, 11) is 4.93. The molecule has 14 heteroatoms. The average molecular weight is 791 g/mol. The van der Waals surface area contributed by atoms with Crippen LogP contribution in [0.4, 0.5) is 4.79 Å². The van der Waals surface area contributed by atoms with Crippen LogP contribution in [0.3, 0.4) is 0 Å². The van der Waals surface area contributed by atoms with Gasteiger partial charge in [0.2, 0.25) is 0 Å². The Morgan fingerprint density at radius 2 is 1.42 bits per heavy atom. The van der Waals surface area contributed by atoms with E-state index in [1.54, 1.807) is 50.5 Å². The van der Waals surface area contributed by atoms with E-state index in [0.29, 0.717) is 69.6 Å². The van der Waals surface area contributed by atoms with Crippen molar-refractivity contribution in [2.24, 2.45) is 0 Å². The number of hydrogen-bond donors (Lipinski definition) is 2. The van der Waals surface area contributed by atoms with Crippen molar-refractivity contribution in [3.63, 3.8) is 0 Å². The molecule has 1 saturated heterocycles. The fourth-order valence-electron chi connectivity index (χ4n) is 6.41. The van der Waals surface area contributed by atoms with Crippen molar-refractivity contribution in [3.8, 4) is 23.0 Å². The van der Waals surface area contributed by atoms with Crippen LogP contribution in [0.25, 0.3) is 0 Å². The molecule has 0 radical (unpaired) electrons. The number of benzene rings is 4. The lowest BCUT2D eigenvalue weighted by Gasteiger charge is -2.38. The van der Waals surface area contributed by atoms with Gasteiger partial charge in [-0.2, -0.15) is 0 Å². The highest BCUT2D eigenvalue weighted by atomic mass is 17.1. The van der Waals surface area contributed by atoms with E-state index in [9.17, 15) is 4.79 Å². The third-order valence-electron chi connectivity index (χ3n) is 9.41. The van der Waals surface area contributed by atoms with Crippen molar-refractivity contribution >= 4 is 6.09 Å². The first-order chi connectivity index (χ1) is 27.8. The first-order valence-corrected chi connectivity index (χ1v) is 19.0. The van der Waals surface area contributed by atoms with Gasteiger partial charge in [0.15, 0.2) is 0 Å². The second-order valence-corrected chi connectivity index (χ2v) is 13.4. The third kappa shape index (κ3) is 14.2. The molecule has 5 rings (SSSR count). The lowest BCUT2D eigenvalue weighted by Crippen LogP contribution is -2.47. The summed E-state index contributed by atoms with van der Waals surface area (Å²) in [6, 6.07) is 28.7. The second kappa shape index (κ2) is 23.3. The third-order valence-corrected chi connectivity index (χ3v) is 9.41. The van der Waals surface area contributed by atoms with Gasteiger partial charge in [-0.05, 0) is 59.0 Å². The number of carbonyl (C=O) groups excluding carboxylic acids is 1. The normalized spacial score (nSPS) is 15.4. The van der Waals surface area contributed by atoms with E-state index in [2.05, 4.69) is 17.0 Å². The number of ether oxygens (including phenoxy) is 8. The van der Waals surface area contributed by atoms with Gasteiger partial charge in [-0.3, -0.25) is 10.4 Å². The lowest BCUT2D eigenvalue weighted by molar-refractivity contribution is -0.497. The Labute approximate surface area is 334 Å². The van der Waals surface area contributed by atoms with Gasteiger partial charge in [-0.1, -0.05) is 54.6 Å². The number of carbonyl (C=O) groups is 1. The van der Waals surface area contributed by atoms with E-state index in [1.165, 1.54) is 0 Å². The molecule has 0 aliphatic carbocycles. The highest BCUT2D eigenvalue weighted by Crippen LogP contribution is 2.33. The predicted molar refractivity (Wildman–Crippen MR) is 209 cm³/mol. The molecule has 1 aliphatic heterocycles. The summed E-state index contributed by atoms with van der Waals surface area (Å²) in [6.07, 6.45) is 1.38. The van der Waals surface area contributed by atoms with Gasteiger partial charge >= 0.3 is 6.09 Å². The zero-order chi connectivity index (χ0) is 40.2. The highest BCUT2D eigenvalue weighted by molar-refractivity contribution is 5.68. The lowest BCUT2D eigenvalue weighted by atomic mass is 9.87. The summed E-state index contributed by atoms with van der Waals surface area (Å²) < 4.78 is 46.3. The summed E-state index contributed by atoms with van der Waals surface area (Å²) in [5.41, 5.74) is 4.47. The van der Waals surface area contributed by atoms with E-state index in [4.69, 9.17) is 48.3 Å². The van der Waals surface area contributed by atoms with Crippen LogP contribution in [0.2, 0.25) is 0 Å². The Kier molecular flexibility index (Phi) is 17.7. The molecule has 2 atom stereocenters. The van der Waals surface area contributed by atoms with Gasteiger partial charge in [0.05, 0.1) is 71.9 Å². The minimum Gasteiger partial charge on any atom is -0.497 e. The maximum Gasteiger partial charge on any atom is 0.410 e. The number of likely N-dealkylation sites (tertiary alicyclic amines) is 1. The van der Waals surface area contributed by atoms with Gasteiger partial charge in [0.1, 0.15) is 29.6 Å². The largest absolute Gasteiger partial charge is 0.497 e. The Morgan fingerprint density at radius 1 is 0.719 bits per heavy atom. The molecule has 0 spiro atoms. The van der Waals surface area contributed by atoms with Gasteiger partial charge in [0.25, 0.3) is 0 Å². The SMILES string of the molecule is COCCCOc1cc(COC2CN(C(=O)OCc3ccc(CON(O)O)cc3)CC[C@@H]2c2ccc(OCCCOCc3ccccc3OC)cc2)cc(OC)c1. The van der Waals surface area contributed by atoms with E-state index < -0.39 is 6.09 Å². The molecule has 1 fully saturated rings. The first-order valence-electron chi connectivity index (χ1n) is 19.0. The summed E-state index contributed by atoms with van der Waals surface area (Å²) in [4.78, 5) is 19.7. The Balaban J connectivity index is 1.19. The summed E-state index contributed by atoms with van der Waals surface area (Å²) in [5, 5.41) is 17.2. The fourth-order valence-corrected chi connectivity index (χ4v) is 6.41. The number of nitrogens with zero attached hydrogens (tertiary/aromatic N) is 2. The van der Waals surface area contributed by atoms with Gasteiger partial charge in [0, 0.05) is 50.7 Å². The molecule has 308 valence electrons. The molecule has 57 heavy (non-hydrogen) atoms. The summed E-state index contributed by atoms with van der Waals surface area (Å²) in [5.74, 6) is 2.92. The number of rotatable bonds is 23. The molecule has 4 aromatic rings. The molecule has 14 nitrogen and oxygen atoms in total. The predicted octanol–water partition coefficient (Wildman–Crippen LogP) is 7.33. The second-order valence-electron chi connectivity index (χ2n) is 13.4. The molecule has 0 saturated carbocycles. The molecule has 1 aliphatic rings. The minimum atomic E-state index is -0.436. The number of piperidine rings is 1. The molecular formula is C43H54N2O12. The number of hydrogen-bond acceptors (Lipinski definition) is 13. The molecule has 0 bridgehead atoms. The quantitative estimate of drug-likeness (QED) is 0.0572. The van der Waals surface area contributed by atoms with Crippen molar-refractivity contribution in [1.29, 1.82) is 0 Å². The standard InChI is InChI=1S/C43H54N2O12/c1-49-20-6-22-54-39-25-34(24-38(26-39)50-2)29-55-42-27-44(43(46)56-28-32-10-12-33(13-11-32)30-57-45(47)48)19-18-40(42)35-14-16-37(17-15-35)53-23-7-21-52-31-36-8-4-5-9-41(36)51-3/h4-5,8-17,24-26,40,42,47-48H,6-7,18-23,27-31H2,1-3H3/t40-,42?/m1/s1. The van der Waals surface area contributed by atoms with Crippen LogP contribution in [-0.4, -0.2) is 93.7 Å². The van der Waals surface area contributed by atoms with Crippen molar-refractivity contribution < 1.29 is 57.9 Å². The molecule has 1 heterocycles. The Hall–Kier alpha value is -4.93. The topological polar surface area (TPSA) is 147 Å². The molecule has 0 aromatic heterocycles. The minimum absolute atomic E-state index is 0.00498. The van der Waals surface area contributed by atoms with Crippen LogP contribution in [0, 0.1) is 0 Å². The number of methoxy groups -OCH3 is 3. The Bertz CT molecular complexity index is 1770. The van der Waals surface area contributed by atoms with E-state index in [0.717, 1.165) is 46.6 Å². The van der Waals surface area contributed by atoms with Crippen molar-refractivity contribution in [2.45, 2.75) is 57.7 Å². The van der Waals surface area contributed by atoms with Crippen molar-refractivity contribution in [3.05, 3.63) is 119 Å². The molecule has 1 amide bonds. The van der Waals surface area contributed by atoms with Crippen LogP contribution in [0.15, 0.2) is 91.0 Å². The van der Waals surface area contributed by atoms with Crippen LogP contribution >= 0.6 is 0 Å². The Morgan fingerprint density at radius 3 is 2.14 bits per heavy atom. The zero-order valence-corrected chi connectivity index (χ0v) is 32.9. The summed E-state index contributed by atoms with van der Waals surface area (Å²) in [6.45, 7) is 3.80. The molecule has 4 aromatic carbocycles. The summed E-state index contributed by atoms with van der Waals surface area (Å²) >= 11 is 0. The molecule has 2 N–H and O–H groups in total. The van der Waals surface area contributed by atoms with Crippen LogP contribution < -0.4 is 18.9 Å². The van der Waals surface area contributed by atoms with Crippen molar-refractivity contribution in [1.82, 2.24) is 10.3 Å². The van der Waals surface area contributed by atoms with Gasteiger partial charge < -0.3 is 42.8 Å². The highest BCUT2D eigenvalue weighted by Gasteiger charge is 2.34. The first kappa shape index (κ1) is 43.2. The number of para-hydroxylation sites is 1. The van der Waals surface area contributed by atoms with Gasteiger partial charge in [-0.15, -0.1) is 0 Å².